The van der Waals surface area contributed by atoms with Crippen molar-refractivity contribution in [2.24, 2.45) is 0 Å². The van der Waals surface area contributed by atoms with Crippen LogP contribution in [0.15, 0.2) is 18.3 Å². The molecule has 1 fully saturated rings. The maximum Gasteiger partial charge on any atom is 0.0679 e. The van der Waals surface area contributed by atoms with E-state index in [0.717, 1.165) is 19.5 Å². The Morgan fingerprint density at radius 1 is 1.57 bits per heavy atom. The van der Waals surface area contributed by atoms with Gasteiger partial charge in [-0.25, -0.2) is 0 Å². The second kappa shape index (κ2) is 3.41. The number of nitrogens with one attached hydrogen (secondary N) is 1. The van der Waals surface area contributed by atoms with Crippen LogP contribution in [0.4, 0.5) is 0 Å². The zero-order valence-corrected chi connectivity index (χ0v) is 8.83. The second-order valence-electron chi connectivity index (χ2n) is 4.53. The highest BCUT2D eigenvalue weighted by Crippen LogP contribution is 2.29. The van der Waals surface area contributed by atoms with Crippen LogP contribution in [0, 0.1) is 0 Å². The highest BCUT2D eigenvalue weighted by atomic mass is 16.3. The molecule has 0 aliphatic carbocycles. The quantitative estimate of drug-likeness (QED) is 0.745. The Labute approximate surface area is 84.7 Å². The molecule has 2 N–H and O–H groups in total. The zero-order chi connectivity index (χ0) is 10.2. The second-order valence-corrected chi connectivity index (χ2v) is 4.53. The van der Waals surface area contributed by atoms with E-state index in [0.29, 0.717) is 0 Å². The summed E-state index contributed by atoms with van der Waals surface area (Å²) in [5.74, 6) is 0. The molecule has 0 aromatic carbocycles. The number of aromatic amines is 1. The lowest BCUT2D eigenvalue weighted by atomic mass is 9.99. The van der Waals surface area contributed by atoms with E-state index < -0.39 is 0 Å². The molecule has 14 heavy (non-hydrogen) atoms. The molecule has 0 amide bonds. The van der Waals surface area contributed by atoms with Gasteiger partial charge >= 0.3 is 0 Å². The van der Waals surface area contributed by atoms with E-state index in [1.54, 1.807) is 0 Å². The van der Waals surface area contributed by atoms with Gasteiger partial charge in [-0.2, -0.15) is 0 Å². The first kappa shape index (κ1) is 9.74. The summed E-state index contributed by atoms with van der Waals surface area (Å²) in [5, 5.41) is 9.51. The lowest BCUT2D eigenvalue weighted by Crippen LogP contribution is -2.40. The molecular weight excluding hydrogens is 176 g/mol. The summed E-state index contributed by atoms with van der Waals surface area (Å²) in [6, 6.07) is 4.12. The number of aromatic nitrogens is 1. The molecule has 2 heterocycles. The summed E-state index contributed by atoms with van der Waals surface area (Å²) >= 11 is 0. The fourth-order valence-electron chi connectivity index (χ4n) is 2.13. The molecule has 1 unspecified atom stereocenters. The normalized spacial score (nSPS) is 24.4. The van der Waals surface area contributed by atoms with Crippen LogP contribution < -0.4 is 0 Å². The molecule has 0 saturated carbocycles. The molecule has 0 bridgehead atoms. The molecule has 1 aliphatic heterocycles. The number of β-amino-alcohol motifs (C(OH)–C–C–N with tert-alkyl or cyclic N) is 1. The third-order valence-corrected chi connectivity index (χ3v) is 3.21. The summed E-state index contributed by atoms with van der Waals surface area (Å²) in [4.78, 5) is 5.57. The third-order valence-electron chi connectivity index (χ3n) is 3.21. The van der Waals surface area contributed by atoms with Crippen LogP contribution in [-0.2, 0) is 5.54 Å². The Hall–Kier alpha value is -0.800. The molecule has 0 spiro atoms. The van der Waals surface area contributed by atoms with Gasteiger partial charge in [0.05, 0.1) is 11.6 Å². The van der Waals surface area contributed by atoms with E-state index in [1.165, 1.54) is 5.69 Å². The van der Waals surface area contributed by atoms with Crippen molar-refractivity contribution in [1.82, 2.24) is 9.88 Å². The summed E-state index contributed by atoms with van der Waals surface area (Å²) < 4.78 is 0. The fraction of sp³-hybridized carbons (Fsp3) is 0.636. The SMILES string of the molecule is CC(C)(c1ccc[nH]1)N1CCC(O)C1. The number of hydrogen-bond donors (Lipinski definition) is 2. The summed E-state index contributed by atoms with van der Waals surface area (Å²) in [6.45, 7) is 6.15. The summed E-state index contributed by atoms with van der Waals surface area (Å²) in [6.07, 6.45) is 2.69. The van der Waals surface area contributed by atoms with Crippen LogP contribution in [0.25, 0.3) is 0 Å². The van der Waals surface area contributed by atoms with Gasteiger partial charge in [0.1, 0.15) is 0 Å². The first-order valence-electron chi connectivity index (χ1n) is 5.17. The first-order chi connectivity index (χ1) is 6.60. The first-order valence-corrected chi connectivity index (χ1v) is 5.17. The average Bonchev–Trinajstić information content (AvgIpc) is 2.72. The van der Waals surface area contributed by atoms with E-state index in [1.807, 2.05) is 12.3 Å². The van der Waals surface area contributed by atoms with Crippen molar-refractivity contribution in [3.05, 3.63) is 24.0 Å². The van der Waals surface area contributed by atoms with E-state index in [-0.39, 0.29) is 11.6 Å². The summed E-state index contributed by atoms with van der Waals surface area (Å²) in [5.41, 5.74) is 1.22. The van der Waals surface area contributed by atoms with E-state index >= 15 is 0 Å². The average molecular weight is 194 g/mol. The molecule has 1 aromatic heterocycles. The highest BCUT2D eigenvalue weighted by molar-refractivity contribution is 5.15. The molecule has 1 aliphatic rings. The number of hydrogen-bond acceptors (Lipinski definition) is 2. The Kier molecular flexibility index (Phi) is 2.37. The van der Waals surface area contributed by atoms with Gasteiger partial charge in [0.15, 0.2) is 0 Å². The molecule has 78 valence electrons. The maximum atomic E-state index is 9.51. The van der Waals surface area contributed by atoms with Crippen LogP contribution in [-0.4, -0.2) is 34.2 Å². The molecule has 1 aromatic rings. The minimum absolute atomic E-state index is 0.000972. The van der Waals surface area contributed by atoms with Gasteiger partial charge in [-0.05, 0) is 32.4 Å². The monoisotopic (exact) mass is 194 g/mol. The van der Waals surface area contributed by atoms with Crippen LogP contribution >= 0.6 is 0 Å². The number of likely N-dealkylation sites (tertiary alicyclic amines) is 1. The third kappa shape index (κ3) is 1.57. The van der Waals surface area contributed by atoms with Crippen molar-refractivity contribution in [3.8, 4) is 0 Å². The van der Waals surface area contributed by atoms with Gasteiger partial charge in [-0.1, -0.05) is 0 Å². The topological polar surface area (TPSA) is 39.3 Å². The van der Waals surface area contributed by atoms with Gasteiger partial charge < -0.3 is 10.1 Å². The molecule has 0 radical (unpaired) electrons. The lowest BCUT2D eigenvalue weighted by molar-refractivity contribution is 0.115. The van der Waals surface area contributed by atoms with Crippen molar-refractivity contribution in [1.29, 1.82) is 0 Å². The predicted molar refractivity (Wildman–Crippen MR) is 56.0 cm³/mol. The zero-order valence-electron chi connectivity index (χ0n) is 8.83. The van der Waals surface area contributed by atoms with E-state index in [4.69, 9.17) is 0 Å². The van der Waals surface area contributed by atoms with Crippen molar-refractivity contribution in [3.63, 3.8) is 0 Å². The minimum atomic E-state index is -0.149. The number of rotatable bonds is 2. The number of H-pyrrole nitrogens is 1. The Bertz CT molecular complexity index is 292. The summed E-state index contributed by atoms with van der Waals surface area (Å²) in [7, 11) is 0. The van der Waals surface area contributed by atoms with Crippen LogP contribution in [0.3, 0.4) is 0 Å². The molecule has 1 saturated heterocycles. The number of aliphatic hydroxyl groups excluding tert-OH is 1. The Morgan fingerprint density at radius 3 is 2.86 bits per heavy atom. The van der Waals surface area contributed by atoms with Crippen molar-refractivity contribution >= 4 is 0 Å². The van der Waals surface area contributed by atoms with Gasteiger partial charge in [-0.15, -0.1) is 0 Å². The lowest BCUT2D eigenvalue weighted by Gasteiger charge is -2.34. The standard InChI is InChI=1S/C11H18N2O/c1-11(2,10-4-3-6-12-10)13-7-5-9(14)8-13/h3-4,6,9,12,14H,5,7-8H2,1-2H3. The van der Waals surface area contributed by atoms with Gasteiger partial charge in [0, 0.05) is 25.0 Å². The largest absolute Gasteiger partial charge is 0.392 e. The maximum absolute atomic E-state index is 9.51. The number of aliphatic hydroxyl groups is 1. The van der Waals surface area contributed by atoms with E-state index in [9.17, 15) is 5.11 Å². The molecular formula is C11H18N2O. The highest BCUT2D eigenvalue weighted by Gasteiger charge is 2.34. The van der Waals surface area contributed by atoms with Crippen LogP contribution in [0.5, 0.6) is 0 Å². The van der Waals surface area contributed by atoms with Crippen molar-refractivity contribution < 1.29 is 5.11 Å². The Balaban J connectivity index is 2.16. The molecule has 3 nitrogen and oxygen atoms in total. The Morgan fingerprint density at radius 2 is 2.36 bits per heavy atom. The predicted octanol–water partition coefficient (Wildman–Crippen LogP) is 1.32. The van der Waals surface area contributed by atoms with Crippen molar-refractivity contribution in [2.75, 3.05) is 13.1 Å². The van der Waals surface area contributed by atoms with Crippen LogP contribution in [0.1, 0.15) is 26.0 Å². The van der Waals surface area contributed by atoms with Gasteiger partial charge in [-0.3, -0.25) is 4.90 Å². The smallest absolute Gasteiger partial charge is 0.0679 e. The minimum Gasteiger partial charge on any atom is -0.392 e. The van der Waals surface area contributed by atoms with Gasteiger partial charge in [0.2, 0.25) is 0 Å². The van der Waals surface area contributed by atoms with Crippen LogP contribution in [0.2, 0.25) is 0 Å². The molecule has 2 rings (SSSR count). The molecule has 1 atom stereocenters. The fourth-order valence-corrected chi connectivity index (χ4v) is 2.13. The number of nitrogens with zero attached hydrogens (tertiary/aromatic N) is 1. The van der Waals surface area contributed by atoms with Gasteiger partial charge in [0.25, 0.3) is 0 Å². The van der Waals surface area contributed by atoms with Crippen molar-refractivity contribution in [2.45, 2.75) is 31.9 Å². The van der Waals surface area contributed by atoms with E-state index in [2.05, 4.69) is 29.8 Å². The molecule has 3 heteroatoms.